The number of piperidine rings is 1. The van der Waals surface area contributed by atoms with Crippen molar-refractivity contribution in [2.45, 2.75) is 45.1 Å². The van der Waals surface area contributed by atoms with Crippen molar-refractivity contribution in [3.63, 3.8) is 0 Å². The highest BCUT2D eigenvalue weighted by atomic mass is 19.1. The average molecular weight is 279 g/mol. The molecule has 0 amide bonds. The maximum Gasteiger partial charge on any atom is 0.123 e. The van der Waals surface area contributed by atoms with Crippen LogP contribution >= 0.6 is 0 Å². The third-order valence-electron chi connectivity index (χ3n) is 4.36. The molecule has 0 aromatic heterocycles. The molecule has 1 fully saturated rings. The van der Waals surface area contributed by atoms with E-state index in [-0.39, 0.29) is 5.82 Å². The molecule has 2 rings (SSSR count). The van der Waals surface area contributed by atoms with E-state index in [1.54, 1.807) is 12.1 Å². The molecule has 0 spiro atoms. The molecule has 3 heteroatoms. The topological polar surface area (TPSA) is 23.5 Å². The number of aliphatic hydroxyl groups excluding tert-OH is 1. The van der Waals surface area contributed by atoms with E-state index in [9.17, 15) is 9.50 Å². The third-order valence-corrected chi connectivity index (χ3v) is 4.36. The SMILES string of the molecule is CCCC1CCN(CCC(O)c2cccc(F)c2)CC1. The van der Waals surface area contributed by atoms with Crippen LogP contribution in [-0.2, 0) is 0 Å². The summed E-state index contributed by atoms with van der Waals surface area (Å²) in [5, 5.41) is 10.1. The molecule has 0 bridgehead atoms. The Morgan fingerprint density at radius 1 is 1.35 bits per heavy atom. The molecule has 1 saturated heterocycles. The van der Waals surface area contributed by atoms with Crippen LogP contribution in [0.15, 0.2) is 24.3 Å². The fraction of sp³-hybridized carbons (Fsp3) is 0.647. The monoisotopic (exact) mass is 279 g/mol. The Bertz CT molecular complexity index is 402. The van der Waals surface area contributed by atoms with E-state index >= 15 is 0 Å². The van der Waals surface area contributed by atoms with Gasteiger partial charge in [-0.15, -0.1) is 0 Å². The second kappa shape index (κ2) is 7.75. The lowest BCUT2D eigenvalue weighted by atomic mass is 9.92. The smallest absolute Gasteiger partial charge is 0.123 e. The lowest BCUT2D eigenvalue weighted by Crippen LogP contribution is -2.34. The number of hydrogen-bond acceptors (Lipinski definition) is 2. The van der Waals surface area contributed by atoms with Crippen LogP contribution in [0.3, 0.4) is 0 Å². The lowest BCUT2D eigenvalue weighted by Gasteiger charge is -2.32. The second-order valence-electron chi connectivity index (χ2n) is 5.93. The number of aliphatic hydroxyl groups is 1. The van der Waals surface area contributed by atoms with Crippen molar-refractivity contribution in [2.75, 3.05) is 19.6 Å². The minimum atomic E-state index is -0.556. The molecular weight excluding hydrogens is 253 g/mol. The first-order valence-corrected chi connectivity index (χ1v) is 7.85. The summed E-state index contributed by atoms with van der Waals surface area (Å²) in [5.74, 6) is 0.617. The van der Waals surface area contributed by atoms with Crippen LogP contribution in [0.25, 0.3) is 0 Å². The van der Waals surface area contributed by atoms with Gasteiger partial charge in [0.1, 0.15) is 5.82 Å². The number of benzene rings is 1. The number of rotatable bonds is 6. The van der Waals surface area contributed by atoms with Gasteiger partial charge in [0, 0.05) is 6.54 Å². The van der Waals surface area contributed by atoms with Gasteiger partial charge in [0.2, 0.25) is 0 Å². The predicted molar refractivity (Wildman–Crippen MR) is 80.0 cm³/mol. The van der Waals surface area contributed by atoms with Crippen molar-refractivity contribution in [3.8, 4) is 0 Å². The molecule has 0 aliphatic carbocycles. The molecule has 20 heavy (non-hydrogen) atoms. The Morgan fingerprint density at radius 3 is 2.75 bits per heavy atom. The maximum absolute atomic E-state index is 13.1. The van der Waals surface area contributed by atoms with Gasteiger partial charge in [0.15, 0.2) is 0 Å². The van der Waals surface area contributed by atoms with Crippen molar-refractivity contribution in [3.05, 3.63) is 35.6 Å². The quantitative estimate of drug-likeness (QED) is 0.857. The maximum atomic E-state index is 13.1. The largest absolute Gasteiger partial charge is 0.388 e. The summed E-state index contributed by atoms with van der Waals surface area (Å²) < 4.78 is 13.1. The summed E-state index contributed by atoms with van der Waals surface area (Å²) in [7, 11) is 0. The van der Waals surface area contributed by atoms with Gasteiger partial charge in [0.05, 0.1) is 6.10 Å². The summed E-state index contributed by atoms with van der Waals surface area (Å²) in [5.41, 5.74) is 0.686. The van der Waals surface area contributed by atoms with Gasteiger partial charge < -0.3 is 10.0 Å². The second-order valence-corrected chi connectivity index (χ2v) is 5.93. The van der Waals surface area contributed by atoms with E-state index in [1.165, 1.54) is 37.8 Å². The normalized spacial score (nSPS) is 19.1. The van der Waals surface area contributed by atoms with Crippen molar-refractivity contribution < 1.29 is 9.50 Å². The van der Waals surface area contributed by atoms with E-state index in [0.717, 1.165) is 25.6 Å². The molecule has 0 radical (unpaired) electrons. The average Bonchev–Trinajstić information content (AvgIpc) is 2.46. The molecule has 1 N–H and O–H groups in total. The Hall–Kier alpha value is -0.930. The Morgan fingerprint density at radius 2 is 2.10 bits per heavy atom. The summed E-state index contributed by atoms with van der Waals surface area (Å²) >= 11 is 0. The van der Waals surface area contributed by atoms with Crippen LogP contribution < -0.4 is 0 Å². The number of halogens is 1. The minimum absolute atomic E-state index is 0.276. The van der Waals surface area contributed by atoms with Crippen LogP contribution in [0.2, 0.25) is 0 Å². The van der Waals surface area contributed by atoms with Crippen LogP contribution in [0, 0.1) is 11.7 Å². The number of likely N-dealkylation sites (tertiary alicyclic amines) is 1. The first kappa shape index (κ1) is 15.5. The summed E-state index contributed by atoms with van der Waals surface area (Å²) in [6, 6.07) is 6.29. The molecular formula is C17H26FNO. The molecule has 1 aliphatic heterocycles. The zero-order valence-corrected chi connectivity index (χ0v) is 12.4. The van der Waals surface area contributed by atoms with E-state index in [2.05, 4.69) is 11.8 Å². The first-order valence-electron chi connectivity index (χ1n) is 7.85. The summed E-state index contributed by atoms with van der Waals surface area (Å²) in [4.78, 5) is 2.43. The van der Waals surface area contributed by atoms with E-state index in [1.807, 2.05) is 0 Å². The summed E-state index contributed by atoms with van der Waals surface area (Å²) in [6.07, 6.45) is 5.32. The van der Waals surface area contributed by atoms with Crippen molar-refractivity contribution >= 4 is 0 Å². The van der Waals surface area contributed by atoms with Gasteiger partial charge in [0.25, 0.3) is 0 Å². The Labute approximate surface area is 121 Å². The fourth-order valence-electron chi connectivity index (χ4n) is 3.09. The highest BCUT2D eigenvalue weighted by molar-refractivity contribution is 5.18. The van der Waals surface area contributed by atoms with Crippen molar-refractivity contribution in [2.24, 2.45) is 5.92 Å². The minimum Gasteiger partial charge on any atom is -0.388 e. The van der Waals surface area contributed by atoms with Gasteiger partial charge in [-0.05, 0) is 56.0 Å². The highest BCUT2D eigenvalue weighted by Crippen LogP contribution is 2.23. The van der Waals surface area contributed by atoms with Crippen LogP contribution in [0.1, 0.15) is 50.7 Å². The van der Waals surface area contributed by atoms with Gasteiger partial charge in [-0.1, -0.05) is 31.9 Å². The molecule has 112 valence electrons. The van der Waals surface area contributed by atoms with Gasteiger partial charge >= 0.3 is 0 Å². The van der Waals surface area contributed by atoms with Gasteiger partial charge in [-0.25, -0.2) is 4.39 Å². The zero-order valence-electron chi connectivity index (χ0n) is 12.4. The van der Waals surface area contributed by atoms with Crippen LogP contribution in [-0.4, -0.2) is 29.6 Å². The molecule has 1 unspecified atom stereocenters. The molecule has 1 heterocycles. The predicted octanol–water partition coefficient (Wildman–Crippen LogP) is 3.76. The van der Waals surface area contributed by atoms with Crippen LogP contribution in [0.5, 0.6) is 0 Å². The Balaban J connectivity index is 1.73. The molecule has 1 atom stereocenters. The van der Waals surface area contributed by atoms with Crippen molar-refractivity contribution in [1.29, 1.82) is 0 Å². The standard InChI is InChI=1S/C17H26FNO/c1-2-4-14-7-10-19(11-8-14)12-9-17(20)15-5-3-6-16(18)13-15/h3,5-6,13-14,17,20H,2,4,7-12H2,1H3. The first-order chi connectivity index (χ1) is 9.69. The van der Waals surface area contributed by atoms with Gasteiger partial charge in [-0.3, -0.25) is 0 Å². The number of nitrogens with zero attached hydrogens (tertiary/aromatic N) is 1. The molecule has 1 aromatic rings. The van der Waals surface area contributed by atoms with Crippen molar-refractivity contribution in [1.82, 2.24) is 4.90 Å². The van der Waals surface area contributed by atoms with E-state index < -0.39 is 6.10 Å². The summed E-state index contributed by atoms with van der Waals surface area (Å²) in [6.45, 7) is 5.43. The molecule has 1 aromatic carbocycles. The highest BCUT2D eigenvalue weighted by Gasteiger charge is 2.19. The number of hydrogen-bond donors (Lipinski definition) is 1. The fourth-order valence-corrected chi connectivity index (χ4v) is 3.09. The zero-order chi connectivity index (χ0) is 14.4. The molecule has 0 saturated carbocycles. The molecule has 1 aliphatic rings. The van der Waals surface area contributed by atoms with Gasteiger partial charge in [-0.2, -0.15) is 0 Å². The van der Waals surface area contributed by atoms with Crippen LogP contribution in [0.4, 0.5) is 4.39 Å². The van der Waals surface area contributed by atoms with E-state index in [0.29, 0.717) is 12.0 Å². The lowest BCUT2D eigenvalue weighted by molar-refractivity contribution is 0.121. The van der Waals surface area contributed by atoms with E-state index in [4.69, 9.17) is 0 Å². The Kier molecular flexibility index (Phi) is 5.99. The molecule has 2 nitrogen and oxygen atoms in total. The third kappa shape index (κ3) is 4.57.